The number of carbonyl (C=O) groups excluding carboxylic acids is 6. The maximum absolute atomic E-state index is 13.1. The first-order valence-corrected chi connectivity index (χ1v) is 28.7. The Morgan fingerprint density at radius 3 is 1.16 bits per heavy atom. The zero-order chi connectivity index (χ0) is 57.3. The van der Waals surface area contributed by atoms with Gasteiger partial charge in [0.15, 0.2) is 0 Å². The van der Waals surface area contributed by atoms with Gasteiger partial charge in [-0.15, -0.1) is 0 Å². The third kappa shape index (κ3) is 8.19. The van der Waals surface area contributed by atoms with Gasteiger partial charge in [0.1, 0.15) is 18.1 Å². The van der Waals surface area contributed by atoms with Crippen LogP contribution in [-0.4, -0.2) is 108 Å². The highest BCUT2D eigenvalue weighted by Crippen LogP contribution is 2.65. The highest BCUT2D eigenvalue weighted by Gasteiger charge is 2.69. The molecule has 3 aromatic carbocycles. The van der Waals surface area contributed by atoms with Crippen LogP contribution in [0, 0.1) is 105 Å². The number of nitrogens with zero attached hydrogens (tertiary/aromatic N) is 4. The van der Waals surface area contributed by atoms with Gasteiger partial charge in [0, 0.05) is 55.3 Å². The fourth-order valence-electron chi connectivity index (χ4n) is 17.9. The summed E-state index contributed by atoms with van der Waals surface area (Å²) >= 11 is 0. The van der Waals surface area contributed by atoms with Crippen LogP contribution in [0.5, 0.6) is 0 Å². The van der Waals surface area contributed by atoms with Crippen molar-refractivity contribution in [3.63, 3.8) is 0 Å². The van der Waals surface area contributed by atoms with Crippen molar-refractivity contribution in [3.8, 4) is 0 Å². The molecular weight excluding hydrogens is 1000 g/mol. The van der Waals surface area contributed by atoms with Gasteiger partial charge in [-0.25, -0.2) is 14.4 Å². The Balaban J connectivity index is 0.000000134. The maximum Gasteiger partial charge on any atom is 0.328 e. The van der Waals surface area contributed by atoms with Gasteiger partial charge in [-0.05, 0) is 176 Å². The monoisotopic (exact) mass is 1080 g/mol. The van der Waals surface area contributed by atoms with Crippen LogP contribution in [-0.2, 0) is 78.9 Å². The number of esters is 3. The molecule has 16 nitrogen and oxygen atoms in total. The first kappa shape index (κ1) is 56.1. The average molecular weight is 1080 g/mol. The third-order valence-corrected chi connectivity index (χ3v) is 21.8. The summed E-state index contributed by atoms with van der Waals surface area (Å²) in [6, 6.07) is 11.5. The van der Waals surface area contributed by atoms with Gasteiger partial charge in [-0.3, -0.25) is 24.5 Å². The molecule has 6 heterocycles. The molecule has 6 fully saturated rings. The number of hydrogen-bond acceptors (Lipinski definition) is 12. The Morgan fingerprint density at radius 1 is 0.519 bits per heavy atom. The number of nitro groups is 1. The van der Waals surface area contributed by atoms with Crippen LogP contribution >= 0.6 is 0 Å². The number of aryl methyl sites for hydroxylation is 6. The van der Waals surface area contributed by atoms with Gasteiger partial charge >= 0.3 is 17.9 Å². The summed E-state index contributed by atoms with van der Waals surface area (Å²) in [6.45, 7) is 21.8. The topological polar surface area (TPSA) is 209 Å². The Morgan fingerprint density at radius 2 is 0.823 bits per heavy atom. The predicted octanol–water partition coefficient (Wildman–Crippen LogP) is 7.56. The normalized spacial score (nSPS) is 34.8. The molecule has 79 heavy (non-hydrogen) atoms. The van der Waals surface area contributed by atoms with E-state index >= 15 is 0 Å². The smallest absolute Gasteiger partial charge is 0.328 e. The number of ether oxygens (including phenoxy) is 3. The molecule has 0 unspecified atom stereocenters. The molecule has 15 atom stereocenters. The van der Waals surface area contributed by atoms with Crippen molar-refractivity contribution in [3.05, 3.63) is 113 Å². The molecule has 3 saturated heterocycles. The van der Waals surface area contributed by atoms with E-state index in [-0.39, 0.29) is 82.7 Å². The largest absolute Gasteiger partial charge is 0.467 e. The van der Waals surface area contributed by atoms with Gasteiger partial charge in [0.25, 0.3) is 0 Å². The van der Waals surface area contributed by atoms with Crippen molar-refractivity contribution in [2.75, 3.05) is 34.4 Å². The van der Waals surface area contributed by atoms with E-state index in [2.05, 4.69) is 84.9 Å². The average Bonchev–Trinajstić information content (AvgIpc) is 2.58. The minimum Gasteiger partial charge on any atom is -0.467 e. The Kier molecular flexibility index (Phi) is 14.3. The van der Waals surface area contributed by atoms with Crippen LogP contribution < -0.4 is 5.73 Å². The first-order valence-electron chi connectivity index (χ1n) is 28.7. The summed E-state index contributed by atoms with van der Waals surface area (Å²) in [5, 5.41) is 11.3. The molecule has 16 heteroatoms. The van der Waals surface area contributed by atoms with E-state index in [9.17, 15) is 38.9 Å². The number of hydrogen-bond donors (Lipinski definition) is 1. The molecule has 424 valence electrons. The second-order valence-electron chi connectivity index (χ2n) is 25.5. The summed E-state index contributed by atoms with van der Waals surface area (Å²) in [5.41, 5.74) is 19.0. The van der Waals surface area contributed by atoms with Crippen molar-refractivity contribution in [1.29, 1.82) is 0 Å². The second-order valence-corrected chi connectivity index (χ2v) is 25.5. The van der Waals surface area contributed by atoms with Crippen molar-refractivity contribution < 1.29 is 47.9 Å². The third-order valence-electron chi connectivity index (χ3n) is 21.8. The molecule has 3 spiro atoms. The summed E-state index contributed by atoms with van der Waals surface area (Å²) in [4.78, 5) is 93.5. The molecule has 3 aromatic rings. The van der Waals surface area contributed by atoms with Crippen molar-refractivity contribution >= 4 is 35.6 Å². The lowest BCUT2D eigenvalue weighted by molar-refractivity contribution is -0.491. The highest BCUT2D eigenvalue weighted by atomic mass is 16.6. The number of methoxy groups -OCH3 is 3. The lowest BCUT2D eigenvalue weighted by Gasteiger charge is -2.48. The van der Waals surface area contributed by atoms with Crippen LogP contribution in [0.1, 0.15) is 133 Å². The molecule has 0 radical (unpaired) electrons. The molecule has 3 aliphatic carbocycles. The molecule has 0 aromatic heterocycles. The Labute approximate surface area is 465 Å². The Bertz CT molecular complexity index is 3080. The van der Waals surface area contributed by atoms with Crippen LogP contribution in [0.25, 0.3) is 0 Å². The minimum atomic E-state index is -0.668. The predicted molar refractivity (Wildman–Crippen MR) is 295 cm³/mol. The fraction of sp³-hybridized carbons (Fsp3) is 0.619. The SMILES string of the molecule is COC(=O)[C@@H]1Cc2cc(C)c(C)cc2[C@@]23C[C@H](C)[C@@H](C)[C@@H]2CC(=O)N13.COC(=O)[C@@H]1Cc2cc(C)c(C)cc2[C@@]23C[C@H](C)[C@@H](CN)[C@@H]2CC(=O)N13.COC(=O)[C@@H]1Cc2cc(C)c(C)cc2[C@@]23C[C@H](C)[C@@H](C[N+](=O)[O-])[C@@H]2CC(=O)N13. The number of rotatable bonds is 6. The van der Waals surface area contributed by atoms with E-state index in [4.69, 9.17) is 19.9 Å². The molecule has 3 amide bonds. The van der Waals surface area contributed by atoms with Crippen LogP contribution in [0.4, 0.5) is 0 Å². The van der Waals surface area contributed by atoms with Crippen LogP contribution in [0.3, 0.4) is 0 Å². The van der Waals surface area contributed by atoms with Gasteiger partial charge < -0.3 is 34.6 Å². The fourth-order valence-corrected chi connectivity index (χ4v) is 17.9. The number of benzene rings is 3. The van der Waals surface area contributed by atoms with Crippen LogP contribution in [0.2, 0.25) is 0 Å². The van der Waals surface area contributed by atoms with Crippen LogP contribution in [0.15, 0.2) is 36.4 Å². The summed E-state index contributed by atoms with van der Waals surface area (Å²) < 4.78 is 15.2. The van der Waals surface area contributed by atoms with Gasteiger partial charge in [0.05, 0.1) is 37.9 Å². The van der Waals surface area contributed by atoms with E-state index in [1.165, 1.54) is 65.8 Å². The first-order chi connectivity index (χ1) is 37.4. The molecule has 3 saturated carbocycles. The standard InChI is InChI=1S/C21H26N2O5.C21H28N2O3.C21H27NO3/c1-11-5-14-7-18(20(25)28-4)23-19(24)8-17-15(10-22(26)27)13(3)9-21(17,23)16(14)6-12(11)2;1-11-5-14-7-18(20(25)26-4)23-19(24)8-17-15(10-22)13(3)9-21(17,23)16(14)6-12(11)2;1-11-6-15-8-18(20(24)25-5)22-19(23)9-16-14(4)13(3)10-21(16,22)17(15)7-12(11)2/h5-6,13,15,17-18H,7-10H2,1-4H3;5-6,13,15,17-18H,7-10,22H2,1-4H3;6-7,13-14,16,18H,8-10H2,1-5H3/t2*13-,15+,17-,18-,21-;13-,14+,16-,18-,21+/m000/s1. The van der Waals surface area contributed by atoms with E-state index in [0.717, 1.165) is 35.1 Å². The number of carbonyl (C=O) groups is 6. The van der Waals surface area contributed by atoms with Gasteiger partial charge in [-0.1, -0.05) is 64.1 Å². The summed E-state index contributed by atoms with van der Waals surface area (Å²) in [7, 11) is 4.17. The molecule has 2 N–H and O–H groups in total. The maximum atomic E-state index is 13.1. The second kappa shape index (κ2) is 20.1. The zero-order valence-electron chi connectivity index (χ0n) is 48.5. The molecule has 12 rings (SSSR count). The van der Waals surface area contributed by atoms with Crippen molar-refractivity contribution in [2.45, 2.75) is 162 Å². The number of nitrogens with two attached hydrogens (primary N) is 1. The van der Waals surface area contributed by atoms with E-state index in [1.807, 2.05) is 30.6 Å². The van der Waals surface area contributed by atoms with E-state index < -0.39 is 35.2 Å². The summed E-state index contributed by atoms with van der Waals surface area (Å²) in [5.74, 6) is 1.00. The van der Waals surface area contributed by atoms with Crippen molar-refractivity contribution in [1.82, 2.24) is 14.7 Å². The molecular formula is C63H81N5O11. The Hall–Kier alpha value is -6.16. The summed E-state index contributed by atoms with van der Waals surface area (Å²) in [6.07, 6.45) is 5.25. The highest BCUT2D eigenvalue weighted by molar-refractivity contribution is 5.91. The van der Waals surface area contributed by atoms with Gasteiger partial charge in [0.2, 0.25) is 24.3 Å². The van der Waals surface area contributed by atoms with Gasteiger partial charge in [-0.2, -0.15) is 0 Å². The molecule has 6 aliphatic heterocycles. The molecule has 9 aliphatic rings. The number of amides is 3. The lowest BCUT2D eigenvalue weighted by atomic mass is 9.72. The van der Waals surface area contributed by atoms with Crippen molar-refractivity contribution in [2.24, 2.45) is 59.0 Å². The lowest BCUT2D eigenvalue weighted by Crippen LogP contribution is -2.58. The number of fused-ring (bicyclic) bond motifs is 3. The zero-order valence-corrected chi connectivity index (χ0v) is 48.5. The van der Waals surface area contributed by atoms with E-state index in [1.54, 1.807) is 4.90 Å². The molecule has 0 bridgehead atoms. The quantitative estimate of drug-likeness (QED) is 0.110. The minimum absolute atomic E-state index is 0.0691. The van der Waals surface area contributed by atoms with E-state index in [0.29, 0.717) is 68.7 Å².